The molecule has 0 radical (unpaired) electrons. The molecular weight excluding hydrogens is 402 g/mol. The molecule has 0 spiro atoms. The van der Waals surface area contributed by atoms with Gasteiger partial charge in [0.15, 0.2) is 0 Å². The molecule has 2 nitrogen and oxygen atoms in total. The van der Waals surface area contributed by atoms with Gasteiger partial charge in [-0.2, -0.15) is 0 Å². The monoisotopic (exact) mass is 431 g/mol. The number of aromatic nitrogens is 1. The lowest BCUT2D eigenvalue weighted by Crippen LogP contribution is -2.23. The molecule has 0 aliphatic heterocycles. The molecule has 2 aromatic carbocycles. The van der Waals surface area contributed by atoms with Gasteiger partial charge >= 0.3 is 0 Å². The number of benzene rings is 2. The van der Waals surface area contributed by atoms with E-state index in [-0.39, 0.29) is 0 Å². The van der Waals surface area contributed by atoms with Crippen molar-refractivity contribution in [1.82, 2.24) is 4.98 Å². The zero-order chi connectivity index (χ0) is 22.4. The number of fused-ring (bicyclic) bond motifs is 1. The summed E-state index contributed by atoms with van der Waals surface area (Å²) < 4.78 is 0. The van der Waals surface area contributed by atoms with Crippen LogP contribution >= 0.6 is 11.6 Å². The fourth-order valence-electron chi connectivity index (χ4n) is 3.86. The van der Waals surface area contributed by atoms with Crippen LogP contribution in [0.5, 0.6) is 0 Å². The van der Waals surface area contributed by atoms with E-state index in [1.807, 2.05) is 57.2 Å². The lowest BCUT2D eigenvalue weighted by molar-refractivity contribution is 0.121. The van der Waals surface area contributed by atoms with Crippen LogP contribution in [0.3, 0.4) is 0 Å². The molecule has 3 aromatic rings. The highest BCUT2D eigenvalue weighted by Gasteiger charge is 2.20. The van der Waals surface area contributed by atoms with E-state index in [2.05, 4.69) is 48.0 Å². The van der Waals surface area contributed by atoms with Crippen molar-refractivity contribution >= 4 is 34.7 Å². The van der Waals surface area contributed by atoms with Crippen molar-refractivity contribution in [3.05, 3.63) is 100 Å². The van der Waals surface area contributed by atoms with E-state index < -0.39 is 5.60 Å². The SMILES string of the molecule is C=C(CCCc1cccc(/C=C/c2ccc3ccc(Cl)cc3n2)c1)/C(=C\C)C(C)(C)O. The Morgan fingerprint density at radius 3 is 2.61 bits per heavy atom. The van der Waals surface area contributed by atoms with Gasteiger partial charge in [-0.15, -0.1) is 0 Å². The standard InChI is InChI=1S/C28H30ClNO/c1-5-26(28(3,4)31)20(2)8-6-9-21-10-7-11-22(18-21)12-16-25-17-14-23-13-15-24(29)19-27(23)30-25/h5,7,10-19,31H,2,6,8-9H2,1,3-4H3/b16-12+,26-5+. The van der Waals surface area contributed by atoms with Gasteiger partial charge in [0.2, 0.25) is 0 Å². The van der Waals surface area contributed by atoms with Crippen molar-refractivity contribution in [2.45, 2.75) is 45.6 Å². The van der Waals surface area contributed by atoms with Crippen LogP contribution in [0, 0.1) is 0 Å². The predicted octanol–water partition coefficient (Wildman–Crippen LogP) is 7.65. The molecule has 0 atom stereocenters. The minimum atomic E-state index is -0.849. The van der Waals surface area contributed by atoms with Crippen molar-refractivity contribution in [2.24, 2.45) is 0 Å². The minimum Gasteiger partial charge on any atom is -0.386 e. The lowest BCUT2D eigenvalue weighted by Gasteiger charge is -2.23. The number of aliphatic hydroxyl groups is 1. The lowest BCUT2D eigenvalue weighted by atomic mass is 9.89. The maximum Gasteiger partial charge on any atom is 0.0839 e. The molecule has 0 amide bonds. The number of hydrogen-bond donors (Lipinski definition) is 1. The number of hydrogen-bond acceptors (Lipinski definition) is 2. The Kier molecular flexibility index (Phi) is 7.48. The first-order valence-electron chi connectivity index (χ1n) is 10.7. The molecule has 0 unspecified atom stereocenters. The Bertz CT molecular complexity index is 1140. The predicted molar refractivity (Wildman–Crippen MR) is 134 cm³/mol. The van der Waals surface area contributed by atoms with E-state index in [9.17, 15) is 5.11 Å². The van der Waals surface area contributed by atoms with E-state index in [4.69, 9.17) is 11.6 Å². The van der Waals surface area contributed by atoms with Gasteiger partial charge in [0.1, 0.15) is 0 Å². The summed E-state index contributed by atoms with van der Waals surface area (Å²) in [7, 11) is 0. The molecule has 31 heavy (non-hydrogen) atoms. The van der Waals surface area contributed by atoms with Gasteiger partial charge in [0.25, 0.3) is 0 Å². The van der Waals surface area contributed by atoms with Crippen LogP contribution < -0.4 is 0 Å². The second kappa shape index (κ2) is 10.1. The summed E-state index contributed by atoms with van der Waals surface area (Å²) in [5.41, 5.74) is 5.33. The van der Waals surface area contributed by atoms with E-state index in [0.29, 0.717) is 5.02 Å². The van der Waals surface area contributed by atoms with E-state index in [1.54, 1.807) is 0 Å². The Hall–Kier alpha value is -2.68. The quantitative estimate of drug-likeness (QED) is 0.371. The molecule has 0 fully saturated rings. The third-order valence-electron chi connectivity index (χ3n) is 5.35. The minimum absolute atomic E-state index is 0.695. The Morgan fingerprint density at radius 1 is 1.10 bits per heavy atom. The fraction of sp³-hybridized carbons (Fsp3) is 0.250. The van der Waals surface area contributed by atoms with Gasteiger partial charge in [-0.1, -0.05) is 66.7 Å². The summed E-state index contributed by atoms with van der Waals surface area (Å²) in [4.78, 5) is 4.68. The van der Waals surface area contributed by atoms with Crippen molar-refractivity contribution in [2.75, 3.05) is 0 Å². The summed E-state index contributed by atoms with van der Waals surface area (Å²) in [6, 6.07) is 18.4. The molecule has 3 heteroatoms. The largest absolute Gasteiger partial charge is 0.386 e. The zero-order valence-electron chi connectivity index (χ0n) is 18.5. The van der Waals surface area contributed by atoms with Crippen LogP contribution in [0.15, 0.2) is 78.4 Å². The maximum absolute atomic E-state index is 10.3. The maximum atomic E-state index is 10.3. The number of aryl methyl sites for hydroxylation is 1. The summed E-state index contributed by atoms with van der Waals surface area (Å²) in [5.74, 6) is 0. The Balaban J connectivity index is 1.63. The first kappa shape index (κ1) is 23.0. The third kappa shape index (κ3) is 6.40. The summed E-state index contributed by atoms with van der Waals surface area (Å²) in [6.07, 6.45) is 8.91. The Labute approximate surface area is 190 Å². The van der Waals surface area contributed by atoms with E-state index >= 15 is 0 Å². The summed E-state index contributed by atoms with van der Waals surface area (Å²) in [5, 5.41) is 12.1. The molecule has 1 heterocycles. The van der Waals surface area contributed by atoms with Crippen LogP contribution in [0.25, 0.3) is 23.1 Å². The van der Waals surface area contributed by atoms with Crippen molar-refractivity contribution in [3.8, 4) is 0 Å². The van der Waals surface area contributed by atoms with Crippen molar-refractivity contribution in [1.29, 1.82) is 0 Å². The van der Waals surface area contributed by atoms with Crippen LogP contribution in [0.1, 0.15) is 50.4 Å². The smallest absolute Gasteiger partial charge is 0.0839 e. The number of rotatable bonds is 8. The molecule has 160 valence electrons. The van der Waals surface area contributed by atoms with Gasteiger partial charge in [0.05, 0.1) is 16.8 Å². The average molecular weight is 432 g/mol. The average Bonchev–Trinajstić information content (AvgIpc) is 2.71. The summed E-state index contributed by atoms with van der Waals surface area (Å²) >= 11 is 6.09. The highest BCUT2D eigenvalue weighted by atomic mass is 35.5. The van der Waals surface area contributed by atoms with Gasteiger partial charge < -0.3 is 5.11 Å². The molecule has 1 aromatic heterocycles. The van der Waals surface area contributed by atoms with E-state index in [0.717, 1.165) is 52.6 Å². The molecule has 0 saturated heterocycles. The molecule has 1 N–H and O–H groups in total. The second-order valence-electron chi connectivity index (χ2n) is 8.37. The van der Waals surface area contributed by atoms with Gasteiger partial charge in [-0.3, -0.25) is 0 Å². The zero-order valence-corrected chi connectivity index (χ0v) is 19.3. The number of nitrogens with zero attached hydrogens (tertiary/aromatic N) is 1. The number of halogens is 1. The number of pyridine rings is 1. The fourth-order valence-corrected chi connectivity index (χ4v) is 4.03. The molecule has 0 aliphatic carbocycles. The normalized spacial score (nSPS) is 12.6. The number of allylic oxidation sites excluding steroid dienone is 1. The highest BCUT2D eigenvalue weighted by molar-refractivity contribution is 6.31. The molecular formula is C28H30ClNO. The highest BCUT2D eigenvalue weighted by Crippen LogP contribution is 2.26. The van der Waals surface area contributed by atoms with Crippen molar-refractivity contribution in [3.63, 3.8) is 0 Å². The van der Waals surface area contributed by atoms with Crippen LogP contribution in [0.2, 0.25) is 5.02 Å². The summed E-state index contributed by atoms with van der Waals surface area (Å²) in [6.45, 7) is 9.74. The van der Waals surface area contributed by atoms with Gasteiger partial charge in [-0.25, -0.2) is 4.98 Å². The van der Waals surface area contributed by atoms with Crippen LogP contribution in [-0.2, 0) is 6.42 Å². The third-order valence-corrected chi connectivity index (χ3v) is 5.58. The first-order chi connectivity index (χ1) is 14.8. The van der Waals surface area contributed by atoms with Gasteiger partial charge in [-0.05, 0) is 86.6 Å². The molecule has 0 bridgehead atoms. The van der Waals surface area contributed by atoms with Crippen LogP contribution in [0.4, 0.5) is 0 Å². The molecule has 0 saturated carbocycles. The van der Waals surface area contributed by atoms with Gasteiger partial charge in [0, 0.05) is 10.4 Å². The topological polar surface area (TPSA) is 33.1 Å². The Morgan fingerprint density at radius 2 is 1.87 bits per heavy atom. The van der Waals surface area contributed by atoms with E-state index in [1.165, 1.54) is 5.56 Å². The molecule has 0 aliphatic rings. The molecule has 3 rings (SSSR count). The first-order valence-corrected chi connectivity index (χ1v) is 11.0. The second-order valence-corrected chi connectivity index (χ2v) is 8.81. The van der Waals surface area contributed by atoms with Crippen molar-refractivity contribution < 1.29 is 5.11 Å². The van der Waals surface area contributed by atoms with Crippen LogP contribution in [-0.4, -0.2) is 15.7 Å².